The van der Waals surface area contributed by atoms with E-state index in [1.165, 1.54) is 0 Å². The predicted octanol–water partition coefficient (Wildman–Crippen LogP) is 3.18. The van der Waals surface area contributed by atoms with Crippen LogP contribution in [0.4, 0.5) is 0 Å². The molecule has 1 aromatic rings. The summed E-state index contributed by atoms with van der Waals surface area (Å²) in [5.41, 5.74) is 1.91. The summed E-state index contributed by atoms with van der Waals surface area (Å²) < 4.78 is 1.63. The van der Waals surface area contributed by atoms with Crippen molar-refractivity contribution in [1.29, 1.82) is 0 Å². The largest absolute Gasteiger partial charge is 0.299 e. The van der Waals surface area contributed by atoms with Crippen LogP contribution in [0, 0.1) is 23.7 Å². The van der Waals surface area contributed by atoms with Crippen molar-refractivity contribution in [2.24, 2.45) is 23.8 Å². The standard InChI is InChI=1S/C14H21ClN2O/c1-8-9(12(15)17(6)16-8)7-10(18)11-13(2,3)14(11,4)5/h11H,7H2,1-6H3. The molecule has 4 heteroatoms. The van der Waals surface area contributed by atoms with Gasteiger partial charge in [0, 0.05) is 24.9 Å². The highest BCUT2D eigenvalue weighted by Crippen LogP contribution is 2.68. The van der Waals surface area contributed by atoms with Crippen molar-refractivity contribution < 1.29 is 4.79 Å². The van der Waals surface area contributed by atoms with Gasteiger partial charge in [-0.2, -0.15) is 5.10 Å². The number of Topliss-reactive ketones (excluding diaryl/α,β-unsaturated/α-hetero) is 1. The van der Waals surface area contributed by atoms with Gasteiger partial charge in [0.1, 0.15) is 10.9 Å². The number of ketones is 1. The highest BCUT2D eigenvalue weighted by Gasteiger charge is 2.67. The number of aromatic nitrogens is 2. The Hall–Kier alpha value is -0.830. The molecule has 0 N–H and O–H groups in total. The van der Waals surface area contributed by atoms with Gasteiger partial charge in [0.15, 0.2) is 0 Å². The molecular weight excluding hydrogens is 248 g/mol. The van der Waals surface area contributed by atoms with Crippen molar-refractivity contribution in [3.8, 4) is 0 Å². The molecule has 0 radical (unpaired) electrons. The normalized spacial score (nSPS) is 21.1. The Morgan fingerprint density at radius 2 is 1.83 bits per heavy atom. The molecule has 0 saturated heterocycles. The lowest BCUT2D eigenvalue weighted by molar-refractivity contribution is -0.120. The summed E-state index contributed by atoms with van der Waals surface area (Å²) in [7, 11) is 1.80. The van der Waals surface area contributed by atoms with Crippen LogP contribution in [-0.2, 0) is 18.3 Å². The summed E-state index contributed by atoms with van der Waals surface area (Å²) in [5, 5.41) is 4.83. The monoisotopic (exact) mass is 268 g/mol. The molecule has 0 amide bonds. The van der Waals surface area contributed by atoms with Gasteiger partial charge in [-0.15, -0.1) is 0 Å². The van der Waals surface area contributed by atoms with Crippen LogP contribution >= 0.6 is 11.6 Å². The average Bonchev–Trinajstić information content (AvgIpc) is 2.51. The zero-order chi connectivity index (χ0) is 13.9. The summed E-state index contributed by atoms with van der Waals surface area (Å²) in [4.78, 5) is 12.4. The third-order valence-electron chi connectivity index (χ3n) is 4.96. The topological polar surface area (TPSA) is 34.9 Å². The maximum Gasteiger partial charge on any atom is 0.141 e. The summed E-state index contributed by atoms with van der Waals surface area (Å²) in [6.07, 6.45) is 0.399. The van der Waals surface area contributed by atoms with Crippen molar-refractivity contribution in [3.63, 3.8) is 0 Å². The lowest BCUT2D eigenvalue weighted by Gasteiger charge is -2.03. The van der Waals surface area contributed by atoms with Crippen molar-refractivity contribution in [1.82, 2.24) is 9.78 Å². The van der Waals surface area contributed by atoms with Gasteiger partial charge in [0.2, 0.25) is 0 Å². The first-order valence-electron chi connectivity index (χ1n) is 6.31. The van der Waals surface area contributed by atoms with Crippen LogP contribution in [0.25, 0.3) is 0 Å². The highest BCUT2D eigenvalue weighted by atomic mass is 35.5. The maximum atomic E-state index is 12.4. The average molecular weight is 269 g/mol. The molecule has 2 rings (SSSR count). The van der Waals surface area contributed by atoms with E-state index in [0.717, 1.165) is 11.3 Å². The second-order valence-corrected chi connectivity index (χ2v) is 6.86. The number of nitrogens with zero attached hydrogens (tertiary/aromatic N) is 2. The summed E-state index contributed by atoms with van der Waals surface area (Å²) in [6.45, 7) is 10.5. The molecule has 0 bridgehead atoms. The van der Waals surface area contributed by atoms with Crippen LogP contribution in [0.2, 0.25) is 5.15 Å². The van der Waals surface area contributed by atoms with E-state index < -0.39 is 0 Å². The zero-order valence-electron chi connectivity index (χ0n) is 12.0. The minimum atomic E-state index is 0.0900. The molecule has 0 aliphatic heterocycles. The number of carbonyl (C=O) groups excluding carboxylic acids is 1. The van der Waals surface area contributed by atoms with Crippen LogP contribution in [0.15, 0.2) is 0 Å². The molecular formula is C14H21ClN2O. The van der Waals surface area contributed by atoms with E-state index in [-0.39, 0.29) is 22.5 Å². The molecule has 1 heterocycles. The van der Waals surface area contributed by atoms with E-state index in [1.54, 1.807) is 11.7 Å². The Morgan fingerprint density at radius 1 is 1.33 bits per heavy atom. The smallest absolute Gasteiger partial charge is 0.141 e. The second-order valence-electron chi connectivity index (χ2n) is 6.50. The minimum absolute atomic E-state index is 0.0900. The van der Waals surface area contributed by atoms with Gasteiger partial charge in [-0.05, 0) is 17.8 Å². The fourth-order valence-electron chi connectivity index (χ4n) is 3.15. The molecule has 1 saturated carbocycles. The van der Waals surface area contributed by atoms with Crippen LogP contribution in [-0.4, -0.2) is 15.6 Å². The van der Waals surface area contributed by atoms with Crippen LogP contribution in [0.5, 0.6) is 0 Å². The van der Waals surface area contributed by atoms with E-state index >= 15 is 0 Å². The quantitative estimate of drug-likeness (QED) is 0.844. The predicted molar refractivity (Wildman–Crippen MR) is 72.7 cm³/mol. The summed E-state index contributed by atoms with van der Waals surface area (Å²) in [5.74, 6) is 0.406. The second kappa shape index (κ2) is 3.83. The Bertz CT molecular complexity index is 500. The van der Waals surface area contributed by atoms with Gasteiger partial charge in [0.05, 0.1) is 5.69 Å². The van der Waals surface area contributed by atoms with Crippen molar-refractivity contribution in [2.75, 3.05) is 0 Å². The van der Waals surface area contributed by atoms with E-state index in [2.05, 4.69) is 32.8 Å². The fourth-order valence-corrected chi connectivity index (χ4v) is 3.39. The Balaban J connectivity index is 2.20. The van der Waals surface area contributed by atoms with Gasteiger partial charge in [0.25, 0.3) is 0 Å². The molecule has 18 heavy (non-hydrogen) atoms. The van der Waals surface area contributed by atoms with Crippen molar-refractivity contribution >= 4 is 17.4 Å². The first-order valence-corrected chi connectivity index (χ1v) is 6.69. The SMILES string of the molecule is Cc1nn(C)c(Cl)c1CC(=O)C1C(C)(C)C1(C)C. The molecule has 1 aromatic heterocycles. The zero-order valence-corrected chi connectivity index (χ0v) is 12.7. The van der Waals surface area contributed by atoms with Gasteiger partial charge in [-0.1, -0.05) is 39.3 Å². The van der Waals surface area contributed by atoms with Crippen LogP contribution < -0.4 is 0 Å². The van der Waals surface area contributed by atoms with E-state index in [9.17, 15) is 4.79 Å². The van der Waals surface area contributed by atoms with Gasteiger partial charge >= 0.3 is 0 Å². The minimum Gasteiger partial charge on any atom is -0.299 e. The molecule has 0 atom stereocenters. The Kier molecular flexibility index (Phi) is 2.89. The van der Waals surface area contributed by atoms with Crippen molar-refractivity contribution in [2.45, 2.75) is 41.0 Å². The molecule has 0 aromatic carbocycles. The number of aryl methyl sites for hydroxylation is 2. The lowest BCUT2D eigenvalue weighted by Crippen LogP contribution is -2.11. The molecule has 1 aliphatic rings. The number of hydrogen-bond acceptors (Lipinski definition) is 2. The summed E-state index contributed by atoms with van der Waals surface area (Å²) >= 11 is 6.17. The number of hydrogen-bond donors (Lipinski definition) is 0. The van der Waals surface area contributed by atoms with E-state index in [1.807, 2.05) is 6.92 Å². The third kappa shape index (κ3) is 1.71. The van der Waals surface area contributed by atoms with Crippen LogP contribution in [0.3, 0.4) is 0 Å². The van der Waals surface area contributed by atoms with Gasteiger partial charge in [-0.3, -0.25) is 9.48 Å². The Labute approximate surface area is 114 Å². The molecule has 1 aliphatic carbocycles. The van der Waals surface area contributed by atoms with Gasteiger partial charge in [-0.25, -0.2) is 0 Å². The van der Waals surface area contributed by atoms with E-state index in [0.29, 0.717) is 11.6 Å². The third-order valence-corrected chi connectivity index (χ3v) is 5.44. The first kappa shape index (κ1) is 13.6. The fraction of sp³-hybridized carbons (Fsp3) is 0.714. The van der Waals surface area contributed by atoms with Crippen molar-refractivity contribution in [3.05, 3.63) is 16.4 Å². The van der Waals surface area contributed by atoms with Crippen LogP contribution in [0.1, 0.15) is 39.0 Å². The van der Waals surface area contributed by atoms with E-state index in [4.69, 9.17) is 11.6 Å². The Morgan fingerprint density at radius 3 is 2.17 bits per heavy atom. The molecule has 100 valence electrons. The lowest BCUT2D eigenvalue weighted by atomic mass is 10.0. The first-order chi connectivity index (χ1) is 8.10. The molecule has 3 nitrogen and oxygen atoms in total. The molecule has 1 fully saturated rings. The number of carbonyl (C=O) groups is 1. The number of halogens is 1. The summed E-state index contributed by atoms with van der Waals surface area (Å²) in [6, 6.07) is 0. The highest BCUT2D eigenvalue weighted by molar-refractivity contribution is 6.30. The maximum absolute atomic E-state index is 12.4. The molecule has 0 unspecified atom stereocenters. The molecule has 0 spiro atoms. The van der Waals surface area contributed by atoms with Gasteiger partial charge < -0.3 is 0 Å². The number of rotatable bonds is 3.